The fourth-order valence-electron chi connectivity index (χ4n) is 2.11. The molecule has 0 radical (unpaired) electrons. The van der Waals surface area contributed by atoms with Crippen molar-refractivity contribution in [2.75, 3.05) is 0 Å². The van der Waals surface area contributed by atoms with E-state index in [1.165, 1.54) is 17.4 Å². The minimum absolute atomic E-state index is 0.271. The molecular weight excluding hydrogens is 288 g/mol. The number of halogens is 1. The largest absolute Gasteiger partial charge is 0.507 e. The molecule has 0 bridgehead atoms. The summed E-state index contributed by atoms with van der Waals surface area (Å²) in [6.07, 6.45) is 1.70. The molecule has 2 heterocycles. The van der Waals surface area contributed by atoms with Gasteiger partial charge < -0.3 is 9.31 Å². The smallest absolute Gasteiger partial charge is 0.399 e. The van der Waals surface area contributed by atoms with Gasteiger partial charge in [-0.05, 0) is 39.8 Å². The Hall–Kier alpha value is -1.24. The third-order valence-electron chi connectivity index (χ3n) is 4.11. The maximum Gasteiger partial charge on any atom is 0.507 e. The van der Waals surface area contributed by atoms with E-state index >= 15 is 0 Å². The summed E-state index contributed by atoms with van der Waals surface area (Å²) in [5, 5.41) is 0.637. The van der Waals surface area contributed by atoms with Gasteiger partial charge in [0.2, 0.25) is 0 Å². The predicted molar refractivity (Wildman–Crippen MR) is 83.2 cm³/mol. The maximum atomic E-state index is 13.8. The third-order valence-corrected chi connectivity index (χ3v) is 5.17. The molecule has 1 aromatic heterocycles. The van der Waals surface area contributed by atoms with Crippen molar-refractivity contribution in [1.29, 1.82) is 0 Å². The Labute approximate surface area is 128 Å². The molecule has 0 atom stereocenters. The Morgan fingerprint density at radius 2 is 1.71 bits per heavy atom. The minimum Gasteiger partial charge on any atom is -0.399 e. The van der Waals surface area contributed by atoms with Crippen LogP contribution in [0.3, 0.4) is 0 Å². The van der Waals surface area contributed by atoms with Crippen molar-refractivity contribution in [3.63, 3.8) is 0 Å². The monoisotopic (exact) mass is 305 g/mol. The molecule has 0 spiro atoms. The zero-order chi connectivity index (χ0) is 15.3. The second-order valence-corrected chi connectivity index (χ2v) is 7.20. The lowest BCUT2D eigenvalue weighted by Crippen LogP contribution is -2.41. The van der Waals surface area contributed by atoms with Gasteiger partial charge >= 0.3 is 7.12 Å². The van der Waals surface area contributed by atoms with E-state index in [9.17, 15) is 4.39 Å². The van der Waals surface area contributed by atoms with E-state index in [0.29, 0.717) is 10.6 Å². The topological polar surface area (TPSA) is 31.4 Å². The summed E-state index contributed by atoms with van der Waals surface area (Å²) in [6.45, 7) is 8.02. The van der Waals surface area contributed by atoms with Crippen LogP contribution in [0.5, 0.6) is 0 Å². The first-order chi connectivity index (χ1) is 9.80. The van der Waals surface area contributed by atoms with E-state index < -0.39 is 7.12 Å². The molecule has 21 heavy (non-hydrogen) atoms. The number of rotatable bonds is 2. The molecule has 6 heteroatoms. The molecule has 110 valence electrons. The van der Waals surface area contributed by atoms with Gasteiger partial charge in [0.05, 0.1) is 16.0 Å². The van der Waals surface area contributed by atoms with Gasteiger partial charge in [-0.2, -0.15) is 0 Å². The molecule has 1 aromatic carbocycles. The van der Waals surface area contributed by atoms with E-state index in [0.717, 1.165) is 4.78 Å². The highest BCUT2D eigenvalue weighted by atomic mass is 32.1. The van der Waals surface area contributed by atoms with Gasteiger partial charge in [0, 0.05) is 11.8 Å². The van der Waals surface area contributed by atoms with Crippen LogP contribution in [0.2, 0.25) is 0 Å². The lowest BCUT2D eigenvalue weighted by Gasteiger charge is -2.32. The fraction of sp³-hybridized carbons (Fsp3) is 0.400. The molecule has 0 amide bonds. The summed E-state index contributed by atoms with van der Waals surface area (Å²) in [4.78, 5) is 4.31. The Morgan fingerprint density at radius 3 is 2.33 bits per heavy atom. The fourth-order valence-corrected chi connectivity index (χ4v) is 3.02. The van der Waals surface area contributed by atoms with Gasteiger partial charge in [-0.25, -0.2) is 9.37 Å². The average molecular weight is 305 g/mol. The molecule has 3 rings (SSSR count). The van der Waals surface area contributed by atoms with Gasteiger partial charge in [-0.1, -0.05) is 12.1 Å². The molecule has 1 aliphatic rings. The number of hydrogen-bond donors (Lipinski definition) is 0. The Kier molecular flexibility index (Phi) is 3.43. The average Bonchev–Trinajstić information content (AvgIpc) is 2.94. The summed E-state index contributed by atoms with van der Waals surface area (Å²) < 4.78 is 26.6. The number of benzene rings is 1. The first-order valence-electron chi connectivity index (χ1n) is 6.86. The molecule has 0 N–H and O–H groups in total. The molecular formula is C15H17BFNO2S. The van der Waals surface area contributed by atoms with Crippen molar-refractivity contribution in [1.82, 2.24) is 4.98 Å². The lowest BCUT2D eigenvalue weighted by atomic mass is 9.89. The van der Waals surface area contributed by atoms with Gasteiger partial charge in [0.15, 0.2) is 0 Å². The van der Waals surface area contributed by atoms with Crippen LogP contribution in [-0.2, 0) is 9.31 Å². The van der Waals surface area contributed by atoms with Gasteiger partial charge in [0.1, 0.15) is 10.8 Å². The number of nitrogens with zero attached hydrogens (tertiary/aromatic N) is 1. The minimum atomic E-state index is -0.451. The molecule has 0 unspecified atom stereocenters. The molecule has 0 saturated carbocycles. The molecule has 1 fully saturated rings. The summed E-state index contributed by atoms with van der Waals surface area (Å²) in [6, 6.07) is 6.63. The highest BCUT2D eigenvalue weighted by Gasteiger charge is 2.52. The van der Waals surface area contributed by atoms with Crippen LogP contribution in [0.4, 0.5) is 4.39 Å². The van der Waals surface area contributed by atoms with E-state index in [1.54, 1.807) is 24.4 Å². The van der Waals surface area contributed by atoms with Crippen LogP contribution in [-0.4, -0.2) is 23.3 Å². The van der Waals surface area contributed by atoms with Crippen molar-refractivity contribution >= 4 is 23.2 Å². The van der Waals surface area contributed by atoms with E-state index in [-0.39, 0.29) is 17.0 Å². The van der Waals surface area contributed by atoms with Crippen LogP contribution < -0.4 is 4.78 Å². The Morgan fingerprint density at radius 1 is 1.10 bits per heavy atom. The van der Waals surface area contributed by atoms with Gasteiger partial charge in [-0.15, -0.1) is 11.3 Å². The van der Waals surface area contributed by atoms with Gasteiger partial charge in [0.25, 0.3) is 0 Å². The Balaban J connectivity index is 1.89. The molecule has 0 aliphatic carbocycles. The molecule has 3 nitrogen and oxygen atoms in total. The second kappa shape index (κ2) is 4.90. The van der Waals surface area contributed by atoms with Gasteiger partial charge in [-0.3, -0.25) is 0 Å². The zero-order valence-electron chi connectivity index (χ0n) is 12.5. The Bertz CT molecular complexity index is 655. The molecule has 1 saturated heterocycles. The van der Waals surface area contributed by atoms with Crippen molar-refractivity contribution in [3.8, 4) is 10.6 Å². The van der Waals surface area contributed by atoms with Crippen LogP contribution in [0.25, 0.3) is 10.6 Å². The summed E-state index contributed by atoms with van der Waals surface area (Å²) in [7, 11) is -0.451. The quantitative estimate of drug-likeness (QED) is 0.798. The van der Waals surface area contributed by atoms with E-state index in [4.69, 9.17) is 9.31 Å². The molecule has 1 aliphatic heterocycles. The van der Waals surface area contributed by atoms with Crippen molar-refractivity contribution < 1.29 is 13.7 Å². The predicted octanol–water partition coefficient (Wildman–Crippen LogP) is 3.25. The first-order valence-corrected chi connectivity index (χ1v) is 7.68. The van der Waals surface area contributed by atoms with Crippen LogP contribution in [0.15, 0.2) is 30.5 Å². The van der Waals surface area contributed by atoms with Crippen LogP contribution in [0, 0.1) is 5.82 Å². The zero-order valence-corrected chi connectivity index (χ0v) is 13.3. The van der Waals surface area contributed by atoms with Crippen molar-refractivity contribution in [2.45, 2.75) is 38.9 Å². The van der Waals surface area contributed by atoms with E-state index in [2.05, 4.69) is 4.98 Å². The molecule has 2 aromatic rings. The standard InChI is InChI=1S/C15H17BFNO2S/c1-14(2)15(3,4)20-16(19-14)12-9-18-13(21-12)10-7-5-6-8-11(10)17/h5-9H,1-4H3. The SMILES string of the molecule is CC1(C)OB(c2cnc(-c3ccccc3F)s2)OC1(C)C. The second-order valence-electron chi connectivity index (χ2n) is 6.14. The van der Waals surface area contributed by atoms with Crippen molar-refractivity contribution in [3.05, 3.63) is 36.3 Å². The first kappa shape index (κ1) is 14.7. The number of thiazole rings is 1. The highest BCUT2D eigenvalue weighted by molar-refractivity contribution is 7.24. The van der Waals surface area contributed by atoms with Crippen molar-refractivity contribution in [2.24, 2.45) is 0 Å². The normalized spacial score (nSPS) is 20.0. The number of aromatic nitrogens is 1. The summed E-state index contributed by atoms with van der Waals surface area (Å²) >= 11 is 1.40. The van der Waals surface area contributed by atoms with Crippen LogP contribution >= 0.6 is 11.3 Å². The third kappa shape index (κ3) is 2.52. The maximum absolute atomic E-state index is 13.8. The highest BCUT2D eigenvalue weighted by Crippen LogP contribution is 2.37. The lowest BCUT2D eigenvalue weighted by molar-refractivity contribution is 0.00578. The van der Waals surface area contributed by atoms with Crippen LogP contribution in [0.1, 0.15) is 27.7 Å². The summed E-state index contributed by atoms with van der Waals surface area (Å²) in [5.74, 6) is -0.271. The van der Waals surface area contributed by atoms with E-state index in [1.807, 2.05) is 27.7 Å². The summed E-state index contributed by atoms with van der Waals surface area (Å²) in [5.41, 5.74) is -0.273. The number of hydrogen-bond acceptors (Lipinski definition) is 4.